The van der Waals surface area contributed by atoms with Gasteiger partial charge in [-0.3, -0.25) is 4.79 Å². The molecule has 1 aliphatic rings. The van der Waals surface area contributed by atoms with Gasteiger partial charge in [0.25, 0.3) is 5.91 Å². The SMILES string of the molecule is CN1C(C(=O)Nc2ccccc2)=NN(c2ccc(Cl)cc2)C1(C)C. The molecule has 0 aliphatic carbocycles. The molecule has 0 atom stereocenters. The molecule has 1 N–H and O–H groups in total. The topological polar surface area (TPSA) is 47.9 Å². The Balaban J connectivity index is 1.89. The third-order valence-corrected chi connectivity index (χ3v) is 4.41. The monoisotopic (exact) mass is 342 g/mol. The van der Waals surface area contributed by atoms with Crippen LogP contribution in [0.5, 0.6) is 0 Å². The lowest BCUT2D eigenvalue weighted by Gasteiger charge is -2.36. The van der Waals surface area contributed by atoms with E-state index in [0.717, 1.165) is 11.4 Å². The number of amides is 1. The molecule has 0 saturated heterocycles. The molecule has 2 aromatic carbocycles. The average molecular weight is 343 g/mol. The molecule has 0 saturated carbocycles. The summed E-state index contributed by atoms with van der Waals surface area (Å²) in [4.78, 5) is 14.5. The zero-order valence-corrected chi connectivity index (χ0v) is 14.6. The van der Waals surface area contributed by atoms with Gasteiger partial charge in [0.15, 0.2) is 0 Å². The van der Waals surface area contributed by atoms with Crippen LogP contribution < -0.4 is 10.3 Å². The number of anilines is 2. The summed E-state index contributed by atoms with van der Waals surface area (Å²) in [5.74, 6) is 0.118. The number of hydrogen-bond donors (Lipinski definition) is 1. The number of nitrogens with one attached hydrogen (secondary N) is 1. The lowest BCUT2D eigenvalue weighted by molar-refractivity contribution is -0.111. The fraction of sp³-hybridized carbons (Fsp3) is 0.222. The fourth-order valence-electron chi connectivity index (χ4n) is 2.55. The van der Waals surface area contributed by atoms with Crippen LogP contribution in [-0.2, 0) is 4.79 Å². The standard InChI is InChI=1S/C18H19ClN4O/c1-18(2)22(3)16(17(24)20-14-7-5-4-6-8-14)21-23(18)15-11-9-13(19)10-12-15/h4-12H,1-3H3,(H,20,24). The number of halogens is 1. The number of likely N-dealkylation sites (N-methyl/N-ethyl adjacent to an activating group) is 1. The van der Waals surface area contributed by atoms with E-state index in [4.69, 9.17) is 11.6 Å². The van der Waals surface area contributed by atoms with E-state index in [-0.39, 0.29) is 5.91 Å². The Labute approximate surface area is 146 Å². The van der Waals surface area contributed by atoms with Crippen molar-refractivity contribution in [3.63, 3.8) is 0 Å². The van der Waals surface area contributed by atoms with Gasteiger partial charge in [0.05, 0.1) is 5.69 Å². The molecule has 24 heavy (non-hydrogen) atoms. The molecule has 2 aromatic rings. The number of rotatable bonds is 3. The van der Waals surface area contributed by atoms with Crippen molar-refractivity contribution < 1.29 is 4.79 Å². The predicted octanol–water partition coefficient (Wildman–Crippen LogP) is 3.78. The van der Waals surface area contributed by atoms with E-state index in [1.54, 1.807) is 0 Å². The van der Waals surface area contributed by atoms with E-state index >= 15 is 0 Å². The Morgan fingerprint density at radius 1 is 1.08 bits per heavy atom. The van der Waals surface area contributed by atoms with Crippen LogP contribution in [0.4, 0.5) is 11.4 Å². The van der Waals surface area contributed by atoms with Crippen molar-refractivity contribution in [3.05, 3.63) is 59.6 Å². The maximum atomic E-state index is 12.6. The Hall–Kier alpha value is -2.53. The molecule has 1 heterocycles. The van der Waals surface area contributed by atoms with Gasteiger partial charge in [0, 0.05) is 17.8 Å². The first kappa shape index (κ1) is 16.3. The summed E-state index contributed by atoms with van der Waals surface area (Å²) in [5.41, 5.74) is 1.14. The van der Waals surface area contributed by atoms with Gasteiger partial charge in [0.2, 0.25) is 5.84 Å². The zero-order valence-electron chi connectivity index (χ0n) is 13.8. The summed E-state index contributed by atoms with van der Waals surface area (Å²) in [5, 5.41) is 9.90. The van der Waals surface area contributed by atoms with E-state index in [1.807, 2.05) is 85.4 Å². The highest BCUT2D eigenvalue weighted by molar-refractivity contribution is 6.42. The number of benzene rings is 2. The van der Waals surface area contributed by atoms with E-state index in [1.165, 1.54) is 0 Å². The molecule has 1 aliphatic heterocycles. The summed E-state index contributed by atoms with van der Waals surface area (Å²) in [7, 11) is 1.86. The van der Waals surface area contributed by atoms with Crippen molar-refractivity contribution in [2.24, 2.45) is 5.10 Å². The largest absolute Gasteiger partial charge is 0.329 e. The van der Waals surface area contributed by atoms with Crippen LogP contribution in [0, 0.1) is 0 Å². The number of nitrogens with zero attached hydrogens (tertiary/aromatic N) is 3. The fourth-order valence-corrected chi connectivity index (χ4v) is 2.67. The van der Waals surface area contributed by atoms with Crippen LogP contribution in [0.25, 0.3) is 0 Å². The minimum atomic E-state index is -0.475. The first-order chi connectivity index (χ1) is 11.4. The second-order valence-corrected chi connectivity index (χ2v) is 6.52. The van der Waals surface area contributed by atoms with Gasteiger partial charge in [-0.15, -0.1) is 5.10 Å². The molecule has 124 valence electrons. The lowest BCUT2D eigenvalue weighted by Crippen LogP contribution is -2.51. The van der Waals surface area contributed by atoms with Crippen molar-refractivity contribution in [1.82, 2.24) is 4.90 Å². The van der Waals surface area contributed by atoms with Gasteiger partial charge in [-0.1, -0.05) is 29.8 Å². The molecule has 0 spiro atoms. The summed E-state index contributed by atoms with van der Waals surface area (Å²) in [6.07, 6.45) is 0. The molecule has 3 rings (SSSR count). The van der Waals surface area contributed by atoms with Gasteiger partial charge < -0.3 is 10.2 Å². The first-order valence-corrected chi connectivity index (χ1v) is 8.02. The minimum absolute atomic E-state index is 0.242. The van der Waals surface area contributed by atoms with Crippen LogP contribution in [0.3, 0.4) is 0 Å². The first-order valence-electron chi connectivity index (χ1n) is 7.64. The molecular formula is C18H19ClN4O. The van der Waals surface area contributed by atoms with E-state index in [9.17, 15) is 4.79 Å². The van der Waals surface area contributed by atoms with Crippen LogP contribution in [0.15, 0.2) is 59.7 Å². The molecule has 0 unspecified atom stereocenters. The normalized spacial score (nSPS) is 16.1. The maximum Gasteiger partial charge on any atom is 0.293 e. The quantitative estimate of drug-likeness (QED) is 0.923. The van der Waals surface area contributed by atoms with Crippen LogP contribution in [0.1, 0.15) is 13.8 Å². The lowest BCUT2D eigenvalue weighted by atomic mass is 10.1. The third kappa shape index (κ3) is 2.95. The summed E-state index contributed by atoms with van der Waals surface area (Å²) in [6.45, 7) is 4.02. The molecule has 0 radical (unpaired) electrons. The van der Waals surface area contributed by atoms with Crippen molar-refractivity contribution in [3.8, 4) is 0 Å². The Kier molecular flexibility index (Phi) is 4.20. The van der Waals surface area contributed by atoms with E-state index < -0.39 is 5.66 Å². The van der Waals surface area contributed by atoms with Crippen molar-refractivity contribution in [2.45, 2.75) is 19.5 Å². The number of para-hydroxylation sites is 1. The second kappa shape index (κ2) is 6.17. The highest BCUT2D eigenvalue weighted by atomic mass is 35.5. The highest BCUT2D eigenvalue weighted by Crippen LogP contribution is 2.32. The Bertz CT molecular complexity index is 771. The minimum Gasteiger partial charge on any atom is -0.329 e. The molecule has 1 amide bonds. The highest BCUT2D eigenvalue weighted by Gasteiger charge is 2.42. The maximum absolute atomic E-state index is 12.6. The van der Waals surface area contributed by atoms with E-state index in [2.05, 4.69) is 10.4 Å². The number of carbonyl (C=O) groups excluding carboxylic acids is 1. The second-order valence-electron chi connectivity index (χ2n) is 6.09. The Morgan fingerprint density at radius 2 is 1.71 bits per heavy atom. The number of hydrogen-bond acceptors (Lipinski definition) is 4. The van der Waals surface area contributed by atoms with Gasteiger partial charge >= 0.3 is 0 Å². The molecular weight excluding hydrogens is 324 g/mol. The van der Waals surface area contributed by atoms with Gasteiger partial charge in [0.1, 0.15) is 5.66 Å². The number of hydrazone groups is 1. The Morgan fingerprint density at radius 3 is 2.33 bits per heavy atom. The number of amidine groups is 1. The summed E-state index contributed by atoms with van der Waals surface area (Å²) >= 11 is 5.96. The summed E-state index contributed by atoms with van der Waals surface area (Å²) in [6, 6.07) is 16.7. The summed E-state index contributed by atoms with van der Waals surface area (Å²) < 4.78 is 0. The van der Waals surface area contributed by atoms with Gasteiger partial charge in [-0.25, -0.2) is 5.01 Å². The number of carbonyl (C=O) groups is 1. The van der Waals surface area contributed by atoms with Crippen LogP contribution >= 0.6 is 11.6 Å². The molecule has 0 bridgehead atoms. The van der Waals surface area contributed by atoms with Crippen LogP contribution in [-0.4, -0.2) is 29.4 Å². The van der Waals surface area contributed by atoms with Crippen LogP contribution in [0.2, 0.25) is 5.02 Å². The third-order valence-electron chi connectivity index (χ3n) is 4.16. The average Bonchev–Trinajstić information content (AvgIpc) is 2.80. The van der Waals surface area contributed by atoms with E-state index in [0.29, 0.717) is 10.9 Å². The van der Waals surface area contributed by atoms with Crippen molar-refractivity contribution in [1.29, 1.82) is 0 Å². The molecule has 6 heteroatoms. The van der Waals surface area contributed by atoms with Gasteiger partial charge in [-0.05, 0) is 50.2 Å². The van der Waals surface area contributed by atoms with Crippen molar-refractivity contribution in [2.75, 3.05) is 17.4 Å². The molecule has 5 nitrogen and oxygen atoms in total. The molecule has 0 aromatic heterocycles. The zero-order chi connectivity index (χ0) is 17.3. The van der Waals surface area contributed by atoms with Gasteiger partial charge in [-0.2, -0.15) is 0 Å². The molecule has 0 fully saturated rings. The smallest absolute Gasteiger partial charge is 0.293 e. The van der Waals surface area contributed by atoms with Crippen molar-refractivity contribution >= 4 is 34.7 Å². The predicted molar refractivity (Wildman–Crippen MR) is 98.3 cm³/mol.